The molecule has 24 heavy (non-hydrogen) atoms. The zero-order valence-electron chi connectivity index (χ0n) is 13.2. The summed E-state index contributed by atoms with van der Waals surface area (Å²) in [6, 6.07) is 9.61. The standard InChI is InChI=1S/C17H18N4OS2/c18-10-13-5-7-14(8-6-13)11-23-17-21-20-16(24-17)19-15(22)9-12-3-1-2-4-12/h5-8,12H,1-4,9,11H2,(H,19,20,22). The lowest BCUT2D eigenvalue weighted by molar-refractivity contribution is -0.117. The molecular weight excluding hydrogens is 340 g/mol. The normalized spacial score (nSPS) is 14.5. The fourth-order valence-corrected chi connectivity index (χ4v) is 4.51. The number of carbonyl (C=O) groups excluding carboxylic acids is 1. The fraction of sp³-hybridized carbons (Fsp3) is 0.412. The monoisotopic (exact) mass is 358 g/mol. The molecule has 3 rings (SSSR count). The minimum absolute atomic E-state index is 0.0432. The lowest BCUT2D eigenvalue weighted by atomic mass is 10.0. The van der Waals surface area contributed by atoms with Gasteiger partial charge in [0, 0.05) is 12.2 Å². The van der Waals surface area contributed by atoms with E-state index in [1.807, 2.05) is 24.3 Å². The molecule has 0 atom stereocenters. The predicted molar refractivity (Wildman–Crippen MR) is 95.8 cm³/mol. The Morgan fingerprint density at radius 3 is 2.75 bits per heavy atom. The first-order valence-electron chi connectivity index (χ1n) is 7.98. The number of amides is 1. The van der Waals surface area contributed by atoms with Crippen LogP contribution in [0.25, 0.3) is 0 Å². The molecule has 1 fully saturated rings. The van der Waals surface area contributed by atoms with Gasteiger partial charge in [-0.15, -0.1) is 10.2 Å². The highest BCUT2D eigenvalue weighted by atomic mass is 32.2. The van der Waals surface area contributed by atoms with E-state index in [1.165, 1.54) is 24.2 Å². The molecule has 7 heteroatoms. The number of anilines is 1. The Balaban J connectivity index is 1.47. The maximum Gasteiger partial charge on any atom is 0.226 e. The SMILES string of the molecule is N#Cc1ccc(CSc2nnc(NC(=O)CC3CCCC3)s2)cc1. The zero-order chi connectivity index (χ0) is 16.8. The average molecular weight is 358 g/mol. The molecule has 2 aromatic rings. The number of nitriles is 1. The van der Waals surface area contributed by atoms with Crippen LogP contribution in [-0.4, -0.2) is 16.1 Å². The van der Waals surface area contributed by atoms with E-state index in [0.29, 0.717) is 23.0 Å². The Bertz CT molecular complexity index is 730. The molecule has 124 valence electrons. The van der Waals surface area contributed by atoms with Crippen LogP contribution in [0.3, 0.4) is 0 Å². The highest BCUT2D eigenvalue weighted by Gasteiger charge is 2.19. The van der Waals surface area contributed by atoms with Crippen LogP contribution < -0.4 is 5.32 Å². The summed E-state index contributed by atoms with van der Waals surface area (Å²) < 4.78 is 0.829. The third-order valence-electron chi connectivity index (χ3n) is 4.05. The molecule has 0 bridgehead atoms. The molecule has 0 spiro atoms. The van der Waals surface area contributed by atoms with Gasteiger partial charge in [-0.05, 0) is 36.5 Å². The van der Waals surface area contributed by atoms with Gasteiger partial charge < -0.3 is 5.32 Å². The van der Waals surface area contributed by atoms with Gasteiger partial charge in [-0.25, -0.2) is 0 Å². The van der Waals surface area contributed by atoms with E-state index in [1.54, 1.807) is 11.8 Å². The first kappa shape index (κ1) is 16.9. The molecule has 0 saturated heterocycles. The first-order chi connectivity index (χ1) is 11.7. The zero-order valence-corrected chi connectivity index (χ0v) is 14.8. The summed E-state index contributed by atoms with van der Waals surface area (Å²) in [5.74, 6) is 1.33. The van der Waals surface area contributed by atoms with Crippen molar-refractivity contribution in [3.8, 4) is 6.07 Å². The van der Waals surface area contributed by atoms with Gasteiger partial charge in [-0.2, -0.15) is 5.26 Å². The Morgan fingerprint density at radius 1 is 1.29 bits per heavy atom. The van der Waals surface area contributed by atoms with Crippen molar-refractivity contribution in [2.75, 3.05) is 5.32 Å². The third kappa shape index (κ3) is 4.79. The predicted octanol–water partition coefficient (Wildman–Crippen LogP) is 4.22. The van der Waals surface area contributed by atoms with Gasteiger partial charge >= 0.3 is 0 Å². The van der Waals surface area contributed by atoms with E-state index >= 15 is 0 Å². The summed E-state index contributed by atoms with van der Waals surface area (Å²) in [7, 11) is 0. The number of hydrogen-bond donors (Lipinski definition) is 1. The maximum atomic E-state index is 12.0. The molecule has 1 aromatic carbocycles. The number of nitrogens with one attached hydrogen (secondary N) is 1. The fourth-order valence-electron chi connectivity index (χ4n) is 2.79. The Hall–Kier alpha value is -1.91. The van der Waals surface area contributed by atoms with Crippen molar-refractivity contribution in [2.45, 2.75) is 42.2 Å². The Morgan fingerprint density at radius 2 is 2.04 bits per heavy atom. The van der Waals surface area contributed by atoms with Gasteiger partial charge in [-0.3, -0.25) is 4.79 Å². The van der Waals surface area contributed by atoms with Crippen molar-refractivity contribution in [1.29, 1.82) is 5.26 Å². The van der Waals surface area contributed by atoms with Crippen LogP contribution in [0.4, 0.5) is 5.13 Å². The Labute approximate surface area is 149 Å². The number of hydrogen-bond acceptors (Lipinski definition) is 6. The molecule has 1 heterocycles. The van der Waals surface area contributed by atoms with Gasteiger partial charge in [0.2, 0.25) is 11.0 Å². The molecule has 5 nitrogen and oxygen atoms in total. The highest BCUT2D eigenvalue weighted by Crippen LogP contribution is 2.30. The molecular formula is C17H18N4OS2. The lowest BCUT2D eigenvalue weighted by Crippen LogP contribution is -2.14. The highest BCUT2D eigenvalue weighted by molar-refractivity contribution is 8.00. The topological polar surface area (TPSA) is 78.7 Å². The quantitative estimate of drug-likeness (QED) is 0.618. The second kappa shape index (κ2) is 8.27. The third-order valence-corrected chi connectivity index (χ3v) is 6.09. The number of benzene rings is 1. The molecule has 0 unspecified atom stereocenters. The Kier molecular flexibility index (Phi) is 5.83. The van der Waals surface area contributed by atoms with E-state index < -0.39 is 0 Å². The van der Waals surface area contributed by atoms with E-state index in [9.17, 15) is 4.79 Å². The van der Waals surface area contributed by atoms with Gasteiger partial charge in [0.15, 0.2) is 4.34 Å². The summed E-state index contributed by atoms with van der Waals surface area (Å²) >= 11 is 2.98. The van der Waals surface area contributed by atoms with Crippen molar-refractivity contribution in [3.63, 3.8) is 0 Å². The van der Waals surface area contributed by atoms with E-state index in [0.717, 1.165) is 28.5 Å². The van der Waals surface area contributed by atoms with Crippen LogP contribution in [-0.2, 0) is 10.5 Å². The van der Waals surface area contributed by atoms with Crippen molar-refractivity contribution < 1.29 is 4.79 Å². The van der Waals surface area contributed by atoms with E-state index in [2.05, 4.69) is 21.6 Å². The first-order valence-corrected chi connectivity index (χ1v) is 9.78. The molecule has 1 saturated carbocycles. The van der Waals surface area contributed by atoms with Crippen LogP contribution >= 0.6 is 23.1 Å². The number of thioether (sulfide) groups is 1. The number of aromatic nitrogens is 2. The molecule has 1 aliphatic rings. The van der Waals surface area contributed by atoms with Crippen LogP contribution in [0.5, 0.6) is 0 Å². The van der Waals surface area contributed by atoms with Gasteiger partial charge in [0.05, 0.1) is 11.6 Å². The van der Waals surface area contributed by atoms with Gasteiger partial charge in [-0.1, -0.05) is 48.1 Å². The molecule has 1 aliphatic carbocycles. The van der Waals surface area contributed by atoms with Crippen LogP contribution in [0, 0.1) is 17.2 Å². The van der Waals surface area contributed by atoms with Gasteiger partial charge in [0.25, 0.3) is 0 Å². The average Bonchev–Trinajstić information content (AvgIpc) is 3.25. The van der Waals surface area contributed by atoms with Crippen LogP contribution in [0.15, 0.2) is 28.6 Å². The summed E-state index contributed by atoms with van der Waals surface area (Å²) in [6.45, 7) is 0. The number of nitrogens with zero attached hydrogens (tertiary/aromatic N) is 3. The smallest absolute Gasteiger partial charge is 0.226 e. The minimum Gasteiger partial charge on any atom is -0.300 e. The van der Waals surface area contributed by atoms with E-state index in [-0.39, 0.29) is 5.91 Å². The van der Waals surface area contributed by atoms with Crippen LogP contribution in [0.1, 0.15) is 43.2 Å². The summed E-state index contributed by atoms with van der Waals surface area (Å²) in [5, 5.41) is 20.4. The van der Waals surface area contributed by atoms with E-state index in [4.69, 9.17) is 5.26 Å². The van der Waals surface area contributed by atoms with Crippen LogP contribution in [0.2, 0.25) is 0 Å². The number of carbonyl (C=O) groups is 1. The molecule has 0 aliphatic heterocycles. The maximum absolute atomic E-state index is 12.0. The largest absolute Gasteiger partial charge is 0.300 e. The molecule has 0 radical (unpaired) electrons. The van der Waals surface area contributed by atoms with Crippen molar-refractivity contribution in [3.05, 3.63) is 35.4 Å². The second-order valence-electron chi connectivity index (χ2n) is 5.87. The van der Waals surface area contributed by atoms with Crippen molar-refractivity contribution in [2.24, 2.45) is 5.92 Å². The summed E-state index contributed by atoms with van der Waals surface area (Å²) in [6.07, 6.45) is 5.40. The molecule has 1 N–H and O–H groups in total. The molecule has 1 amide bonds. The van der Waals surface area contributed by atoms with Crippen molar-refractivity contribution in [1.82, 2.24) is 10.2 Å². The minimum atomic E-state index is 0.0432. The lowest BCUT2D eigenvalue weighted by Gasteiger charge is -2.06. The summed E-state index contributed by atoms with van der Waals surface area (Å²) in [5.41, 5.74) is 1.79. The number of rotatable bonds is 6. The second-order valence-corrected chi connectivity index (χ2v) is 8.07. The van der Waals surface area contributed by atoms with Crippen molar-refractivity contribution >= 4 is 34.1 Å². The summed E-state index contributed by atoms with van der Waals surface area (Å²) in [4.78, 5) is 12.0. The van der Waals surface area contributed by atoms with Gasteiger partial charge in [0.1, 0.15) is 0 Å². The molecule has 1 aromatic heterocycles.